The second-order valence-corrected chi connectivity index (χ2v) is 7.42. The van der Waals surface area contributed by atoms with Gasteiger partial charge in [0.1, 0.15) is 5.69 Å². The first-order valence-corrected chi connectivity index (χ1v) is 9.64. The molecule has 0 aliphatic rings. The third-order valence-electron chi connectivity index (χ3n) is 4.52. The van der Waals surface area contributed by atoms with Crippen molar-refractivity contribution in [1.82, 2.24) is 20.0 Å². The zero-order chi connectivity index (χ0) is 20.4. The molecule has 0 atom stereocenters. The van der Waals surface area contributed by atoms with Gasteiger partial charge in [-0.15, -0.1) is 0 Å². The minimum atomic E-state index is -0.306. The van der Waals surface area contributed by atoms with Crippen LogP contribution >= 0.6 is 23.2 Å². The first-order chi connectivity index (χ1) is 14.0. The Morgan fingerprint density at radius 1 is 1.14 bits per heavy atom. The molecule has 146 valence electrons. The van der Waals surface area contributed by atoms with Gasteiger partial charge < -0.3 is 5.32 Å². The maximum atomic E-state index is 12.5. The Balaban J connectivity index is 1.45. The monoisotopic (exact) mass is 425 g/mol. The molecule has 0 saturated heterocycles. The molecule has 29 heavy (non-hydrogen) atoms. The summed E-state index contributed by atoms with van der Waals surface area (Å²) in [5.41, 5.74) is 4.67. The van der Waals surface area contributed by atoms with E-state index in [9.17, 15) is 4.79 Å². The molecule has 0 aliphatic heterocycles. The molecular weight excluding hydrogens is 409 g/mol. The van der Waals surface area contributed by atoms with Crippen LogP contribution in [-0.4, -0.2) is 25.9 Å². The number of aromatic amines is 1. The number of aromatic nitrogens is 4. The van der Waals surface area contributed by atoms with Crippen LogP contribution in [0.1, 0.15) is 21.6 Å². The van der Waals surface area contributed by atoms with E-state index in [0.717, 1.165) is 5.56 Å². The summed E-state index contributed by atoms with van der Waals surface area (Å²) in [6, 6.07) is 15.0. The van der Waals surface area contributed by atoms with Crippen LogP contribution in [-0.2, 0) is 6.54 Å². The van der Waals surface area contributed by atoms with Gasteiger partial charge in [-0.05, 0) is 36.2 Å². The molecule has 0 unspecified atom stereocenters. The highest BCUT2D eigenvalue weighted by Crippen LogP contribution is 2.27. The maximum absolute atomic E-state index is 12.5. The van der Waals surface area contributed by atoms with Crippen molar-refractivity contribution in [1.29, 1.82) is 0 Å². The van der Waals surface area contributed by atoms with Crippen LogP contribution < -0.4 is 5.32 Å². The highest BCUT2D eigenvalue weighted by atomic mass is 35.5. The van der Waals surface area contributed by atoms with Crippen molar-refractivity contribution in [3.8, 4) is 11.3 Å². The summed E-state index contributed by atoms with van der Waals surface area (Å²) >= 11 is 12.0. The number of carbonyl (C=O) groups excluding carboxylic acids is 1. The summed E-state index contributed by atoms with van der Waals surface area (Å²) in [7, 11) is 0. The van der Waals surface area contributed by atoms with E-state index in [1.165, 1.54) is 11.1 Å². The summed E-state index contributed by atoms with van der Waals surface area (Å²) in [6.45, 7) is 2.69. The van der Waals surface area contributed by atoms with Crippen molar-refractivity contribution in [2.24, 2.45) is 0 Å². The Bertz CT molecular complexity index is 1180. The molecule has 0 spiro atoms. The van der Waals surface area contributed by atoms with Gasteiger partial charge in [-0.1, -0.05) is 53.5 Å². The summed E-state index contributed by atoms with van der Waals surface area (Å²) in [5, 5.41) is 15.0. The number of H-pyrrole nitrogens is 1. The Morgan fingerprint density at radius 3 is 2.76 bits per heavy atom. The predicted molar refractivity (Wildman–Crippen MR) is 115 cm³/mol. The van der Waals surface area contributed by atoms with Gasteiger partial charge in [-0.2, -0.15) is 10.2 Å². The zero-order valence-corrected chi connectivity index (χ0v) is 17.0. The third-order valence-corrected chi connectivity index (χ3v) is 5.26. The van der Waals surface area contributed by atoms with Crippen molar-refractivity contribution in [2.45, 2.75) is 13.5 Å². The van der Waals surface area contributed by atoms with Crippen LogP contribution in [0.5, 0.6) is 0 Å². The standard InChI is InChI=1S/C21H17Cl2N5O/c1-13-4-2-3-5-15(13)11-28-12-16(10-24-28)25-21(29)20-9-19(26-27-20)14-6-7-17(22)18(23)8-14/h2-10,12H,11H2,1H3,(H,25,29)(H,26,27). The normalized spacial score (nSPS) is 10.9. The van der Waals surface area contributed by atoms with Crippen LogP contribution in [0.3, 0.4) is 0 Å². The van der Waals surface area contributed by atoms with E-state index in [1.54, 1.807) is 41.3 Å². The van der Waals surface area contributed by atoms with Crippen molar-refractivity contribution < 1.29 is 4.79 Å². The molecule has 0 bridgehead atoms. The summed E-state index contributed by atoms with van der Waals surface area (Å²) < 4.78 is 1.78. The van der Waals surface area contributed by atoms with Gasteiger partial charge in [0, 0.05) is 11.8 Å². The highest BCUT2D eigenvalue weighted by molar-refractivity contribution is 6.42. The van der Waals surface area contributed by atoms with Gasteiger partial charge in [0.05, 0.1) is 34.2 Å². The number of anilines is 1. The van der Waals surface area contributed by atoms with Gasteiger partial charge in [0.2, 0.25) is 0 Å². The SMILES string of the molecule is Cc1ccccc1Cn1cc(NC(=O)c2cc(-c3ccc(Cl)c(Cl)c3)n[nH]2)cn1. The minimum Gasteiger partial charge on any atom is -0.318 e. The van der Waals surface area contributed by atoms with Crippen LogP contribution in [0.25, 0.3) is 11.3 Å². The topological polar surface area (TPSA) is 75.6 Å². The first kappa shape index (κ1) is 19.2. The number of nitrogens with zero attached hydrogens (tertiary/aromatic N) is 3. The molecule has 2 aromatic heterocycles. The second-order valence-electron chi connectivity index (χ2n) is 6.60. The van der Waals surface area contributed by atoms with E-state index >= 15 is 0 Å². The molecule has 6 nitrogen and oxygen atoms in total. The van der Waals surface area contributed by atoms with Crippen LogP contribution in [0, 0.1) is 6.92 Å². The summed E-state index contributed by atoms with van der Waals surface area (Å²) in [4.78, 5) is 12.5. The van der Waals surface area contributed by atoms with Crippen molar-refractivity contribution in [3.63, 3.8) is 0 Å². The number of hydrogen-bond acceptors (Lipinski definition) is 3. The number of nitrogens with one attached hydrogen (secondary N) is 2. The number of rotatable bonds is 5. The number of amides is 1. The largest absolute Gasteiger partial charge is 0.318 e. The Morgan fingerprint density at radius 2 is 1.97 bits per heavy atom. The number of aryl methyl sites for hydroxylation is 1. The van der Waals surface area contributed by atoms with E-state index in [2.05, 4.69) is 39.7 Å². The van der Waals surface area contributed by atoms with Gasteiger partial charge in [-0.3, -0.25) is 14.6 Å². The lowest BCUT2D eigenvalue weighted by Gasteiger charge is -2.05. The van der Waals surface area contributed by atoms with Crippen LogP contribution in [0.4, 0.5) is 5.69 Å². The Labute approximate surface area is 177 Å². The molecular formula is C21H17Cl2N5O. The summed E-state index contributed by atoms with van der Waals surface area (Å²) in [6.07, 6.45) is 3.41. The minimum absolute atomic E-state index is 0.306. The van der Waals surface area contributed by atoms with Gasteiger partial charge >= 0.3 is 0 Å². The molecule has 2 aromatic carbocycles. The molecule has 4 aromatic rings. The average Bonchev–Trinajstić information content (AvgIpc) is 3.36. The van der Waals surface area contributed by atoms with E-state index in [-0.39, 0.29) is 5.91 Å². The van der Waals surface area contributed by atoms with E-state index in [1.807, 2.05) is 12.1 Å². The predicted octanol–water partition coefficient (Wildman–Crippen LogP) is 5.19. The second kappa shape index (κ2) is 8.11. The molecule has 0 aliphatic carbocycles. The van der Waals surface area contributed by atoms with Crippen molar-refractivity contribution in [3.05, 3.63) is 87.8 Å². The fourth-order valence-corrected chi connectivity index (χ4v) is 3.21. The molecule has 0 radical (unpaired) electrons. The van der Waals surface area contributed by atoms with Crippen LogP contribution in [0.15, 0.2) is 60.9 Å². The first-order valence-electron chi connectivity index (χ1n) is 8.89. The summed E-state index contributed by atoms with van der Waals surface area (Å²) in [5.74, 6) is -0.306. The Kier molecular flexibility index (Phi) is 5.38. The molecule has 4 rings (SSSR count). The fraction of sp³-hybridized carbons (Fsp3) is 0.0952. The average molecular weight is 426 g/mol. The number of carbonyl (C=O) groups is 1. The molecule has 8 heteroatoms. The highest BCUT2D eigenvalue weighted by Gasteiger charge is 2.13. The lowest BCUT2D eigenvalue weighted by molar-refractivity contribution is 0.102. The van der Waals surface area contributed by atoms with E-state index in [0.29, 0.717) is 33.7 Å². The van der Waals surface area contributed by atoms with Crippen molar-refractivity contribution >= 4 is 34.8 Å². The van der Waals surface area contributed by atoms with Crippen molar-refractivity contribution in [2.75, 3.05) is 5.32 Å². The molecule has 0 fully saturated rings. The molecule has 1 amide bonds. The van der Waals surface area contributed by atoms with E-state index < -0.39 is 0 Å². The van der Waals surface area contributed by atoms with Crippen LogP contribution in [0.2, 0.25) is 10.0 Å². The van der Waals surface area contributed by atoms with Gasteiger partial charge in [0.25, 0.3) is 5.91 Å². The molecule has 2 N–H and O–H groups in total. The lowest BCUT2D eigenvalue weighted by Crippen LogP contribution is -2.11. The molecule has 0 saturated carbocycles. The maximum Gasteiger partial charge on any atom is 0.273 e. The quantitative estimate of drug-likeness (QED) is 0.461. The number of benzene rings is 2. The third kappa shape index (κ3) is 4.34. The Hall–Kier alpha value is -3.09. The fourth-order valence-electron chi connectivity index (χ4n) is 2.92. The van der Waals surface area contributed by atoms with E-state index in [4.69, 9.17) is 23.2 Å². The molecule has 2 heterocycles. The van der Waals surface area contributed by atoms with Gasteiger partial charge in [0.15, 0.2) is 0 Å². The van der Waals surface area contributed by atoms with Gasteiger partial charge in [-0.25, -0.2) is 0 Å². The number of hydrogen-bond donors (Lipinski definition) is 2. The number of halogens is 2. The lowest BCUT2D eigenvalue weighted by atomic mass is 10.1. The smallest absolute Gasteiger partial charge is 0.273 e. The zero-order valence-electron chi connectivity index (χ0n) is 15.5.